The Balaban J connectivity index is 2.05. The van der Waals surface area contributed by atoms with E-state index in [4.69, 9.17) is 9.84 Å². The molecule has 2 heterocycles. The highest BCUT2D eigenvalue weighted by Crippen LogP contribution is 2.47. The molecule has 6 heteroatoms. The Morgan fingerprint density at radius 1 is 1.40 bits per heavy atom. The second kappa shape index (κ2) is 4.49. The van der Waals surface area contributed by atoms with Crippen LogP contribution in [0.1, 0.15) is 18.4 Å². The molecule has 2 aliphatic heterocycles. The van der Waals surface area contributed by atoms with E-state index in [1.165, 1.54) is 0 Å². The SMILES string of the molecule is CN1C(=O)C2(CCOCC2)c2ccc(NC(=O)O)cc21. The minimum atomic E-state index is -1.11. The minimum Gasteiger partial charge on any atom is -0.465 e. The summed E-state index contributed by atoms with van der Waals surface area (Å²) in [5.74, 6) is 0.0725. The van der Waals surface area contributed by atoms with Crippen molar-refractivity contribution in [1.29, 1.82) is 0 Å². The van der Waals surface area contributed by atoms with Gasteiger partial charge in [-0.2, -0.15) is 0 Å². The number of benzene rings is 1. The zero-order chi connectivity index (χ0) is 14.3. The molecular weight excluding hydrogens is 260 g/mol. The first-order valence-electron chi connectivity index (χ1n) is 6.55. The van der Waals surface area contributed by atoms with Gasteiger partial charge in [0.15, 0.2) is 0 Å². The Hall–Kier alpha value is -2.08. The average Bonchev–Trinajstić information content (AvgIpc) is 2.62. The maximum atomic E-state index is 12.6. The number of nitrogens with one attached hydrogen (secondary N) is 1. The standard InChI is InChI=1S/C14H16N2O4/c1-16-11-8-9(15-13(18)19)2-3-10(11)14(12(16)17)4-6-20-7-5-14/h2-3,8,15H,4-7H2,1H3,(H,18,19). The van der Waals surface area contributed by atoms with Crippen molar-refractivity contribution in [2.45, 2.75) is 18.3 Å². The molecule has 1 saturated heterocycles. The number of likely N-dealkylation sites (N-methyl/N-ethyl adjacent to an activating group) is 1. The van der Waals surface area contributed by atoms with Crippen LogP contribution in [-0.4, -0.2) is 37.4 Å². The fourth-order valence-corrected chi connectivity index (χ4v) is 3.16. The van der Waals surface area contributed by atoms with Crippen LogP contribution in [0, 0.1) is 0 Å². The average molecular weight is 276 g/mol. The molecule has 2 amide bonds. The molecule has 1 aromatic rings. The number of carbonyl (C=O) groups is 2. The van der Waals surface area contributed by atoms with Crippen LogP contribution in [0.25, 0.3) is 0 Å². The maximum absolute atomic E-state index is 12.6. The minimum absolute atomic E-state index is 0.0725. The van der Waals surface area contributed by atoms with E-state index in [9.17, 15) is 9.59 Å². The number of carboxylic acid groups (broad SMARTS) is 1. The van der Waals surface area contributed by atoms with E-state index in [1.54, 1.807) is 24.1 Å². The van der Waals surface area contributed by atoms with Crippen LogP contribution in [0.3, 0.4) is 0 Å². The van der Waals surface area contributed by atoms with Gasteiger partial charge in [0.1, 0.15) is 0 Å². The van der Waals surface area contributed by atoms with E-state index in [0.29, 0.717) is 31.7 Å². The van der Waals surface area contributed by atoms with Crippen molar-refractivity contribution < 1.29 is 19.4 Å². The van der Waals surface area contributed by atoms with Crippen LogP contribution >= 0.6 is 0 Å². The summed E-state index contributed by atoms with van der Waals surface area (Å²) in [6, 6.07) is 5.27. The maximum Gasteiger partial charge on any atom is 0.409 e. The van der Waals surface area contributed by atoms with Crippen molar-refractivity contribution in [3.63, 3.8) is 0 Å². The monoisotopic (exact) mass is 276 g/mol. The van der Waals surface area contributed by atoms with Crippen molar-refractivity contribution >= 4 is 23.4 Å². The summed E-state index contributed by atoms with van der Waals surface area (Å²) in [5, 5.41) is 11.1. The molecule has 2 N–H and O–H groups in total. The lowest BCUT2D eigenvalue weighted by Gasteiger charge is -2.32. The normalized spacial score (nSPS) is 20.1. The summed E-state index contributed by atoms with van der Waals surface area (Å²) < 4.78 is 5.37. The number of rotatable bonds is 1. The molecule has 1 aromatic carbocycles. The summed E-state index contributed by atoms with van der Waals surface area (Å²) in [4.78, 5) is 24.9. The molecule has 0 radical (unpaired) electrons. The summed E-state index contributed by atoms with van der Waals surface area (Å²) in [6.45, 7) is 1.16. The van der Waals surface area contributed by atoms with E-state index < -0.39 is 11.5 Å². The summed E-state index contributed by atoms with van der Waals surface area (Å²) in [7, 11) is 1.73. The fourth-order valence-electron chi connectivity index (χ4n) is 3.16. The van der Waals surface area contributed by atoms with Gasteiger partial charge in [-0.15, -0.1) is 0 Å². The number of fused-ring (bicyclic) bond motifs is 2. The molecule has 1 fully saturated rings. The Morgan fingerprint density at radius 3 is 2.75 bits per heavy atom. The van der Waals surface area contributed by atoms with Crippen molar-refractivity contribution in [3.05, 3.63) is 23.8 Å². The first kappa shape index (κ1) is 12.9. The van der Waals surface area contributed by atoms with E-state index in [-0.39, 0.29) is 5.91 Å². The van der Waals surface area contributed by atoms with Gasteiger partial charge in [0.05, 0.1) is 5.41 Å². The lowest BCUT2D eigenvalue weighted by atomic mass is 9.75. The van der Waals surface area contributed by atoms with E-state index >= 15 is 0 Å². The molecule has 6 nitrogen and oxygen atoms in total. The first-order valence-corrected chi connectivity index (χ1v) is 6.55. The lowest BCUT2D eigenvalue weighted by Crippen LogP contribution is -2.42. The Bertz CT molecular complexity index is 579. The van der Waals surface area contributed by atoms with Crippen molar-refractivity contribution in [3.8, 4) is 0 Å². The molecule has 20 heavy (non-hydrogen) atoms. The molecule has 1 spiro atoms. The highest BCUT2D eigenvalue weighted by Gasteiger charge is 2.50. The van der Waals surface area contributed by atoms with Crippen LogP contribution in [0.5, 0.6) is 0 Å². The molecule has 0 atom stereocenters. The molecule has 0 aliphatic carbocycles. The number of anilines is 2. The van der Waals surface area contributed by atoms with Crippen LogP contribution in [0.2, 0.25) is 0 Å². The van der Waals surface area contributed by atoms with Crippen LogP contribution in [0.15, 0.2) is 18.2 Å². The number of carbonyl (C=O) groups excluding carboxylic acids is 1. The highest BCUT2D eigenvalue weighted by molar-refractivity contribution is 6.08. The second-order valence-corrected chi connectivity index (χ2v) is 5.22. The van der Waals surface area contributed by atoms with Crippen LogP contribution in [0.4, 0.5) is 16.2 Å². The van der Waals surface area contributed by atoms with Gasteiger partial charge >= 0.3 is 6.09 Å². The molecule has 0 unspecified atom stereocenters. The highest BCUT2D eigenvalue weighted by atomic mass is 16.5. The second-order valence-electron chi connectivity index (χ2n) is 5.22. The molecule has 0 saturated carbocycles. The zero-order valence-electron chi connectivity index (χ0n) is 11.2. The summed E-state index contributed by atoms with van der Waals surface area (Å²) >= 11 is 0. The number of nitrogens with zero attached hydrogens (tertiary/aromatic N) is 1. The quantitative estimate of drug-likeness (QED) is 0.819. The lowest BCUT2D eigenvalue weighted by molar-refractivity contribution is -0.126. The van der Waals surface area contributed by atoms with E-state index in [2.05, 4.69) is 5.32 Å². The third-order valence-corrected chi connectivity index (χ3v) is 4.19. The molecule has 106 valence electrons. The molecular formula is C14H16N2O4. The summed E-state index contributed by atoms with van der Waals surface area (Å²) in [6.07, 6.45) is 0.238. The van der Waals surface area contributed by atoms with E-state index in [0.717, 1.165) is 11.3 Å². The number of hydrogen-bond acceptors (Lipinski definition) is 3. The molecule has 3 rings (SSSR count). The Morgan fingerprint density at radius 2 is 2.10 bits per heavy atom. The van der Waals surface area contributed by atoms with E-state index in [1.807, 2.05) is 6.07 Å². The predicted molar refractivity (Wildman–Crippen MR) is 73.2 cm³/mol. The van der Waals surface area contributed by atoms with Gasteiger partial charge in [0.25, 0.3) is 0 Å². The molecule has 0 bridgehead atoms. The van der Waals surface area contributed by atoms with Gasteiger partial charge in [-0.25, -0.2) is 4.79 Å². The van der Waals surface area contributed by atoms with Gasteiger partial charge in [-0.05, 0) is 30.5 Å². The Labute approximate surface area is 116 Å². The molecule has 2 aliphatic rings. The largest absolute Gasteiger partial charge is 0.465 e. The summed E-state index contributed by atoms with van der Waals surface area (Å²) in [5.41, 5.74) is 1.73. The third kappa shape index (κ3) is 1.76. The fraction of sp³-hybridized carbons (Fsp3) is 0.429. The van der Waals surface area contributed by atoms with Crippen molar-refractivity contribution in [2.75, 3.05) is 30.5 Å². The Kier molecular flexibility index (Phi) is 2.90. The zero-order valence-corrected chi connectivity index (χ0v) is 11.2. The number of amides is 2. The van der Waals surface area contributed by atoms with Crippen molar-refractivity contribution in [1.82, 2.24) is 0 Å². The van der Waals surface area contributed by atoms with Crippen LogP contribution in [-0.2, 0) is 14.9 Å². The van der Waals surface area contributed by atoms with Crippen LogP contribution < -0.4 is 10.2 Å². The van der Waals surface area contributed by atoms with Crippen molar-refractivity contribution in [2.24, 2.45) is 0 Å². The number of hydrogen-bond donors (Lipinski definition) is 2. The molecule has 0 aromatic heterocycles. The van der Waals surface area contributed by atoms with Gasteiger partial charge in [-0.1, -0.05) is 6.07 Å². The predicted octanol–water partition coefficient (Wildman–Crippen LogP) is 1.80. The smallest absolute Gasteiger partial charge is 0.409 e. The number of ether oxygens (including phenoxy) is 1. The van der Waals surface area contributed by atoms with Gasteiger partial charge in [-0.3, -0.25) is 10.1 Å². The third-order valence-electron chi connectivity index (χ3n) is 4.19. The van der Waals surface area contributed by atoms with Gasteiger partial charge < -0.3 is 14.7 Å². The van der Waals surface area contributed by atoms with Gasteiger partial charge in [0, 0.05) is 31.6 Å². The first-order chi connectivity index (χ1) is 9.54. The van der Waals surface area contributed by atoms with Gasteiger partial charge in [0.2, 0.25) is 5.91 Å². The topological polar surface area (TPSA) is 78.9 Å².